The molecule has 0 spiro atoms. The standard InChI is InChI=1S/C27H20N4O2/c1-16-8-2-4-10-19(16)27(20-11-5-7-13-22(20)30-26(27)33)31-25(32)23-14-18-17-9-3-6-12-21(17)29-24(18)15-28-23/h2-15,29H,1H3,(H,30,33)(H,31,32). The van der Waals surface area contributed by atoms with Crippen molar-refractivity contribution in [3.05, 3.63) is 107 Å². The first-order chi connectivity index (χ1) is 16.1. The van der Waals surface area contributed by atoms with E-state index in [-0.39, 0.29) is 11.6 Å². The number of amides is 2. The molecular weight excluding hydrogens is 412 g/mol. The zero-order valence-corrected chi connectivity index (χ0v) is 17.8. The van der Waals surface area contributed by atoms with Gasteiger partial charge in [-0.2, -0.15) is 0 Å². The van der Waals surface area contributed by atoms with Crippen molar-refractivity contribution in [2.24, 2.45) is 0 Å². The summed E-state index contributed by atoms with van der Waals surface area (Å²) in [5, 5.41) is 7.92. The molecule has 1 aliphatic heterocycles. The Bertz CT molecular complexity index is 1590. The summed E-state index contributed by atoms with van der Waals surface area (Å²) < 4.78 is 0. The van der Waals surface area contributed by atoms with Crippen molar-refractivity contribution >= 4 is 39.3 Å². The van der Waals surface area contributed by atoms with Crippen LogP contribution in [0, 0.1) is 6.92 Å². The van der Waals surface area contributed by atoms with E-state index in [1.54, 1.807) is 12.3 Å². The predicted molar refractivity (Wildman–Crippen MR) is 128 cm³/mol. The molecule has 160 valence electrons. The number of benzene rings is 3. The normalized spacial score (nSPS) is 17.2. The number of para-hydroxylation sites is 2. The van der Waals surface area contributed by atoms with Crippen LogP contribution in [0.4, 0.5) is 5.69 Å². The number of nitrogens with zero attached hydrogens (tertiary/aromatic N) is 1. The Balaban J connectivity index is 1.50. The van der Waals surface area contributed by atoms with E-state index < -0.39 is 11.4 Å². The molecule has 0 aliphatic carbocycles. The molecule has 0 saturated carbocycles. The molecule has 3 N–H and O–H groups in total. The molecule has 6 heteroatoms. The SMILES string of the molecule is Cc1ccccc1C1(NC(=O)c2cc3c(cn2)[nH]c2ccccc23)C(=O)Nc2ccccc21. The average molecular weight is 432 g/mol. The average Bonchev–Trinajstić information content (AvgIpc) is 3.34. The molecule has 0 fully saturated rings. The molecule has 0 radical (unpaired) electrons. The Labute approximate surface area is 189 Å². The van der Waals surface area contributed by atoms with E-state index in [1.165, 1.54) is 0 Å². The van der Waals surface area contributed by atoms with Gasteiger partial charge in [-0.3, -0.25) is 9.59 Å². The number of pyridine rings is 1. The van der Waals surface area contributed by atoms with E-state index in [1.807, 2.05) is 79.7 Å². The minimum Gasteiger partial charge on any atom is -0.353 e. The third kappa shape index (κ3) is 2.77. The van der Waals surface area contributed by atoms with E-state index in [4.69, 9.17) is 0 Å². The monoisotopic (exact) mass is 432 g/mol. The Hall–Kier alpha value is -4.45. The van der Waals surface area contributed by atoms with Gasteiger partial charge in [0.25, 0.3) is 11.8 Å². The fourth-order valence-electron chi connectivity index (χ4n) is 4.82. The van der Waals surface area contributed by atoms with Gasteiger partial charge in [-0.25, -0.2) is 4.98 Å². The Morgan fingerprint density at radius 1 is 0.879 bits per heavy atom. The first kappa shape index (κ1) is 19.3. The Morgan fingerprint density at radius 3 is 2.45 bits per heavy atom. The number of carbonyl (C=O) groups excluding carboxylic acids is 2. The van der Waals surface area contributed by atoms with Gasteiger partial charge in [0.2, 0.25) is 0 Å². The number of aromatic amines is 1. The maximum atomic E-state index is 13.6. The smallest absolute Gasteiger partial charge is 0.271 e. The van der Waals surface area contributed by atoms with Crippen LogP contribution in [0.25, 0.3) is 21.8 Å². The molecule has 2 amide bonds. The minimum atomic E-state index is -1.35. The van der Waals surface area contributed by atoms with Gasteiger partial charge in [-0.1, -0.05) is 60.7 Å². The first-order valence-electron chi connectivity index (χ1n) is 10.7. The lowest BCUT2D eigenvalue weighted by molar-refractivity contribution is -0.120. The molecule has 6 rings (SSSR count). The zero-order valence-electron chi connectivity index (χ0n) is 17.8. The van der Waals surface area contributed by atoms with Crippen molar-refractivity contribution in [2.75, 3.05) is 5.32 Å². The van der Waals surface area contributed by atoms with Crippen LogP contribution >= 0.6 is 0 Å². The molecule has 0 bridgehead atoms. The number of anilines is 1. The summed E-state index contributed by atoms with van der Waals surface area (Å²) in [4.78, 5) is 34.8. The van der Waals surface area contributed by atoms with Gasteiger partial charge in [0.15, 0.2) is 5.54 Å². The largest absolute Gasteiger partial charge is 0.353 e. The topological polar surface area (TPSA) is 86.9 Å². The second kappa shape index (κ2) is 7.03. The van der Waals surface area contributed by atoms with Gasteiger partial charge >= 0.3 is 0 Å². The van der Waals surface area contributed by atoms with Crippen LogP contribution in [-0.4, -0.2) is 21.8 Å². The van der Waals surface area contributed by atoms with Gasteiger partial charge < -0.3 is 15.6 Å². The molecule has 5 aromatic rings. The number of aryl methyl sites for hydroxylation is 1. The highest BCUT2D eigenvalue weighted by atomic mass is 16.2. The third-order valence-electron chi connectivity index (χ3n) is 6.39. The van der Waals surface area contributed by atoms with Crippen molar-refractivity contribution in [1.82, 2.24) is 15.3 Å². The van der Waals surface area contributed by atoms with Crippen LogP contribution < -0.4 is 10.6 Å². The quantitative estimate of drug-likeness (QED) is 0.388. The molecule has 1 unspecified atom stereocenters. The summed E-state index contributed by atoms with van der Waals surface area (Å²) in [7, 11) is 0. The molecule has 2 aromatic heterocycles. The van der Waals surface area contributed by atoms with Crippen LogP contribution in [0.5, 0.6) is 0 Å². The second-order valence-electron chi connectivity index (χ2n) is 8.30. The van der Waals surface area contributed by atoms with Crippen molar-refractivity contribution in [1.29, 1.82) is 0 Å². The number of hydrogen-bond donors (Lipinski definition) is 3. The number of nitrogens with one attached hydrogen (secondary N) is 3. The lowest BCUT2D eigenvalue weighted by Crippen LogP contribution is -2.52. The maximum absolute atomic E-state index is 13.6. The number of rotatable bonds is 3. The second-order valence-corrected chi connectivity index (χ2v) is 8.30. The number of carbonyl (C=O) groups is 2. The predicted octanol–water partition coefficient (Wildman–Crippen LogP) is 4.65. The number of H-pyrrole nitrogens is 1. The molecule has 33 heavy (non-hydrogen) atoms. The van der Waals surface area contributed by atoms with E-state index in [0.29, 0.717) is 11.3 Å². The summed E-state index contributed by atoms with van der Waals surface area (Å²) in [5.74, 6) is -0.711. The van der Waals surface area contributed by atoms with Crippen molar-refractivity contribution in [3.8, 4) is 0 Å². The summed E-state index contributed by atoms with van der Waals surface area (Å²) in [6.07, 6.45) is 1.66. The van der Waals surface area contributed by atoms with Crippen LogP contribution in [-0.2, 0) is 10.3 Å². The Kier molecular flexibility index (Phi) is 4.10. The van der Waals surface area contributed by atoms with E-state index >= 15 is 0 Å². The Morgan fingerprint density at radius 2 is 1.61 bits per heavy atom. The fourth-order valence-corrected chi connectivity index (χ4v) is 4.82. The van der Waals surface area contributed by atoms with E-state index in [9.17, 15) is 9.59 Å². The van der Waals surface area contributed by atoms with Crippen LogP contribution in [0.3, 0.4) is 0 Å². The third-order valence-corrected chi connectivity index (χ3v) is 6.39. The summed E-state index contributed by atoms with van der Waals surface area (Å²) in [6, 6.07) is 24.7. The van der Waals surface area contributed by atoms with E-state index in [0.717, 1.165) is 32.9 Å². The molecule has 3 heterocycles. The van der Waals surface area contributed by atoms with Crippen LogP contribution in [0.15, 0.2) is 85.1 Å². The van der Waals surface area contributed by atoms with Crippen LogP contribution in [0.2, 0.25) is 0 Å². The summed E-state index contributed by atoms with van der Waals surface area (Å²) in [5.41, 5.74) is 3.77. The number of fused-ring (bicyclic) bond motifs is 4. The van der Waals surface area contributed by atoms with Crippen LogP contribution in [0.1, 0.15) is 27.2 Å². The summed E-state index contributed by atoms with van der Waals surface area (Å²) >= 11 is 0. The van der Waals surface area contributed by atoms with Crippen molar-refractivity contribution in [3.63, 3.8) is 0 Å². The molecule has 0 saturated heterocycles. The number of aromatic nitrogens is 2. The minimum absolute atomic E-state index is 0.248. The van der Waals surface area contributed by atoms with Gasteiger partial charge in [0.1, 0.15) is 5.69 Å². The highest BCUT2D eigenvalue weighted by molar-refractivity contribution is 6.13. The highest BCUT2D eigenvalue weighted by Gasteiger charge is 2.50. The maximum Gasteiger partial charge on any atom is 0.271 e. The van der Waals surface area contributed by atoms with E-state index in [2.05, 4.69) is 20.6 Å². The molecule has 3 aromatic carbocycles. The number of hydrogen-bond acceptors (Lipinski definition) is 3. The highest BCUT2D eigenvalue weighted by Crippen LogP contribution is 2.42. The molecule has 6 nitrogen and oxygen atoms in total. The molecule has 1 aliphatic rings. The zero-order chi connectivity index (χ0) is 22.6. The lowest BCUT2D eigenvalue weighted by Gasteiger charge is -2.30. The lowest BCUT2D eigenvalue weighted by atomic mass is 9.81. The fraction of sp³-hybridized carbons (Fsp3) is 0.0741. The van der Waals surface area contributed by atoms with Crippen molar-refractivity contribution in [2.45, 2.75) is 12.5 Å². The van der Waals surface area contributed by atoms with Gasteiger partial charge in [0.05, 0.1) is 11.7 Å². The molecule has 1 atom stereocenters. The van der Waals surface area contributed by atoms with Gasteiger partial charge in [-0.15, -0.1) is 0 Å². The molecular formula is C27H20N4O2. The van der Waals surface area contributed by atoms with Gasteiger partial charge in [0, 0.05) is 27.5 Å². The first-order valence-corrected chi connectivity index (χ1v) is 10.7. The summed E-state index contributed by atoms with van der Waals surface area (Å²) in [6.45, 7) is 1.94. The van der Waals surface area contributed by atoms with Gasteiger partial charge in [-0.05, 0) is 36.2 Å². The van der Waals surface area contributed by atoms with Crippen molar-refractivity contribution < 1.29 is 9.59 Å².